The minimum Gasteiger partial charge on any atom is -0.480 e. The Bertz CT molecular complexity index is 461. The van der Waals surface area contributed by atoms with Gasteiger partial charge < -0.3 is 9.84 Å². The van der Waals surface area contributed by atoms with Crippen LogP contribution in [0.5, 0.6) is 0 Å². The Kier molecular flexibility index (Phi) is 5.05. The fraction of sp³-hybridized carbons (Fsp3) is 0.462. The summed E-state index contributed by atoms with van der Waals surface area (Å²) in [4.78, 5) is 13.3. The zero-order chi connectivity index (χ0) is 13.8. The van der Waals surface area contributed by atoms with E-state index < -0.39 is 12.0 Å². The van der Waals surface area contributed by atoms with Gasteiger partial charge in [-0.3, -0.25) is 9.69 Å². The molecular formula is C13H15Cl2NO3. The molecule has 0 saturated carbocycles. The molecule has 0 spiro atoms. The molecular weight excluding hydrogens is 289 g/mol. The van der Waals surface area contributed by atoms with Gasteiger partial charge in [0.1, 0.15) is 6.04 Å². The van der Waals surface area contributed by atoms with E-state index in [2.05, 4.69) is 0 Å². The summed E-state index contributed by atoms with van der Waals surface area (Å²) >= 11 is 12.1. The number of carboxylic acid groups (broad SMARTS) is 1. The van der Waals surface area contributed by atoms with Gasteiger partial charge in [0.05, 0.1) is 23.3 Å². The van der Waals surface area contributed by atoms with Crippen LogP contribution >= 0.6 is 23.2 Å². The van der Waals surface area contributed by atoms with Crippen LogP contribution in [-0.4, -0.2) is 48.3 Å². The first-order chi connectivity index (χ1) is 9.09. The van der Waals surface area contributed by atoms with Gasteiger partial charge in [0, 0.05) is 19.5 Å². The molecule has 6 heteroatoms. The Morgan fingerprint density at radius 1 is 1.37 bits per heavy atom. The van der Waals surface area contributed by atoms with Gasteiger partial charge >= 0.3 is 5.97 Å². The molecule has 1 fully saturated rings. The SMILES string of the molecule is O=C(O)[C@H](Cc1cccc(Cl)c1Cl)N1CCOCC1. The zero-order valence-electron chi connectivity index (χ0n) is 10.3. The molecule has 2 rings (SSSR count). The Morgan fingerprint density at radius 2 is 2.05 bits per heavy atom. The molecule has 0 amide bonds. The molecule has 1 saturated heterocycles. The summed E-state index contributed by atoms with van der Waals surface area (Å²) < 4.78 is 5.24. The van der Waals surface area contributed by atoms with Crippen molar-refractivity contribution in [1.29, 1.82) is 0 Å². The minimum atomic E-state index is -0.849. The standard InChI is InChI=1S/C13H15Cl2NO3/c14-10-3-1-2-9(12(10)15)8-11(13(17)18)16-4-6-19-7-5-16/h1-3,11H,4-8H2,(H,17,18)/t11-/m0/s1. The van der Waals surface area contributed by atoms with E-state index in [0.29, 0.717) is 42.8 Å². The largest absolute Gasteiger partial charge is 0.480 e. The van der Waals surface area contributed by atoms with Gasteiger partial charge in [-0.15, -0.1) is 0 Å². The third-order valence-electron chi connectivity index (χ3n) is 3.22. The summed E-state index contributed by atoms with van der Waals surface area (Å²) in [5, 5.41) is 10.3. The molecule has 0 bridgehead atoms. The second-order valence-electron chi connectivity index (χ2n) is 4.42. The molecule has 19 heavy (non-hydrogen) atoms. The fourth-order valence-corrected chi connectivity index (χ4v) is 2.57. The number of carboxylic acids is 1. The van der Waals surface area contributed by atoms with Gasteiger partial charge in [-0.1, -0.05) is 35.3 Å². The summed E-state index contributed by atoms with van der Waals surface area (Å²) in [6.07, 6.45) is 0.342. The van der Waals surface area contributed by atoms with Crippen LogP contribution in [0.15, 0.2) is 18.2 Å². The van der Waals surface area contributed by atoms with E-state index in [4.69, 9.17) is 27.9 Å². The highest BCUT2D eigenvalue weighted by Gasteiger charge is 2.28. The molecule has 0 aromatic heterocycles. The van der Waals surface area contributed by atoms with Crippen molar-refractivity contribution in [2.75, 3.05) is 26.3 Å². The molecule has 1 aliphatic rings. The highest BCUT2D eigenvalue weighted by molar-refractivity contribution is 6.42. The van der Waals surface area contributed by atoms with E-state index in [1.54, 1.807) is 12.1 Å². The number of morpholine rings is 1. The van der Waals surface area contributed by atoms with Crippen molar-refractivity contribution in [2.45, 2.75) is 12.5 Å². The van der Waals surface area contributed by atoms with Crippen molar-refractivity contribution < 1.29 is 14.6 Å². The first kappa shape index (κ1) is 14.6. The molecule has 1 N–H and O–H groups in total. The van der Waals surface area contributed by atoms with E-state index in [0.717, 1.165) is 5.56 Å². The smallest absolute Gasteiger partial charge is 0.321 e. The highest BCUT2D eigenvalue weighted by Crippen LogP contribution is 2.27. The molecule has 1 aromatic carbocycles. The number of aliphatic carboxylic acids is 1. The molecule has 104 valence electrons. The van der Waals surface area contributed by atoms with Crippen LogP contribution in [0.2, 0.25) is 10.0 Å². The van der Waals surface area contributed by atoms with Gasteiger partial charge in [0.15, 0.2) is 0 Å². The number of nitrogens with zero attached hydrogens (tertiary/aromatic N) is 1. The van der Waals surface area contributed by atoms with Crippen LogP contribution in [0.1, 0.15) is 5.56 Å². The fourth-order valence-electron chi connectivity index (χ4n) is 2.18. The maximum atomic E-state index is 11.4. The molecule has 0 radical (unpaired) electrons. The quantitative estimate of drug-likeness (QED) is 0.927. The van der Waals surface area contributed by atoms with Crippen LogP contribution in [0.4, 0.5) is 0 Å². The lowest BCUT2D eigenvalue weighted by Gasteiger charge is -2.32. The van der Waals surface area contributed by atoms with E-state index >= 15 is 0 Å². The molecule has 1 atom stereocenters. The van der Waals surface area contributed by atoms with Gasteiger partial charge in [-0.05, 0) is 11.6 Å². The Balaban J connectivity index is 2.16. The Morgan fingerprint density at radius 3 is 2.68 bits per heavy atom. The second-order valence-corrected chi connectivity index (χ2v) is 5.20. The van der Waals surface area contributed by atoms with Crippen molar-refractivity contribution in [3.05, 3.63) is 33.8 Å². The van der Waals surface area contributed by atoms with Crippen LogP contribution < -0.4 is 0 Å². The van der Waals surface area contributed by atoms with Crippen molar-refractivity contribution >= 4 is 29.2 Å². The third-order valence-corrected chi connectivity index (χ3v) is 4.07. The first-order valence-electron chi connectivity index (χ1n) is 6.07. The number of rotatable bonds is 4. The van der Waals surface area contributed by atoms with E-state index in [1.165, 1.54) is 0 Å². The monoisotopic (exact) mass is 303 g/mol. The lowest BCUT2D eigenvalue weighted by atomic mass is 10.0. The molecule has 1 aromatic rings. The van der Waals surface area contributed by atoms with Crippen molar-refractivity contribution in [2.24, 2.45) is 0 Å². The third kappa shape index (κ3) is 3.60. The average Bonchev–Trinajstić information content (AvgIpc) is 2.41. The maximum Gasteiger partial charge on any atom is 0.321 e. The number of halogens is 2. The zero-order valence-corrected chi connectivity index (χ0v) is 11.8. The van der Waals surface area contributed by atoms with Gasteiger partial charge in [-0.25, -0.2) is 0 Å². The van der Waals surface area contributed by atoms with E-state index in [9.17, 15) is 9.90 Å². The van der Waals surface area contributed by atoms with Crippen LogP contribution in [0, 0.1) is 0 Å². The van der Waals surface area contributed by atoms with Gasteiger partial charge in [-0.2, -0.15) is 0 Å². The molecule has 0 aliphatic carbocycles. The van der Waals surface area contributed by atoms with Crippen LogP contribution in [-0.2, 0) is 16.0 Å². The summed E-state index contributed by atoms with van der Waals surface area (Å²) in [6, 6.07) is 4.68. The lowest BCUT2D eigenvalue weighted by Crippen LogP contribution is -2.48. The van der Waals surface area contributed by atoms with Crippen molar-refractivity contribution in [1.82, 2.24) is 4.90 Å². The average molecular weight is 304 g/mol. The molecule has 0 unspecified atom stereocenters. The van der Waals surface area contributed by atoms with Crippen LogP contribution in [0.25, 0.3) is 0 Å². The second kappa shape index (κ2) is 6.57. The highest BCUT2D eigenvalue weighted by atomic mass is 35.5. The Hall–Kier alpha value is -0.810. The molecule has 1 aliphatic heterocycles. The summed E-state index contributed by atoms with van der Waals surface area (Å²) in [5.41, 5.74) is 0.757. The number of hydrogen-bond acceptors (Lipinski definition) is 3. The van der Waals surface area contributed by atoms with E-state index in [1.807, 2.05) is 11.0 Å². The van der Waals surface area contributed by atoms with Gasteiger partial charge in [0.25, 0.3) is 0 Å². The number of hydrogen-bond donors (Lipinski definition) is 1. The van der Waals surface area contributed by atoms with Crippen LogP contribution in [0.3, 0.4) is 0 Å². The molecule has 4 nitrogen and oxygen atoms in total. The predicted molar refractivity (Wildman–Crippen MR) is 74.0 cm³/mol. The summed E-state index contributed by atoms with van der Waals surface area (Å²) in [7, 11) is 0. The number of benzene rings is 1. The normalized spacial score (nSPS) is 18.2. The lowest BCUT2D eigenvalue weighted by molar-refractivity contribution is -0.145. The summed E-state index contributed by atoms with van der Waals surface area (Å²) in [5.74, 6) is -0.849. The van der Waals surface area contributed by atoms with Gasteiger partial charge in [0.2, 0.25) is 0 Å². The summed E-state index contributed by atoms with van der Waals surface area (Å²) in [6.45, 7) is 2.37. The number of ether oxygens (including phenoxy) is 1. The minimum absolute atomic E-state index is 0.342. The maximum absolute atomic E-state index is 11.4. The first-order valence-corrected chi connectivity index (χ1v) is 6.82. The van der Waals surface area contributed by atoms with Crippen molar-refractivity contribution in [3.63, 3.8) is 0 Å². The Labute approximate surface area is 121 Å². The predicted octanol–water partition coefficient (Wildman–Crippen LogP) is 2.32. The molecule has 1 heterocycles. The number of carbonyl (C=O) groups is 1. The van der Waals surface area contributed by atoms with Crippen molar-refractivity contribution in [3.8, 4) is 0 Å². The topological polar surface area (TPSA) is 49.8 Å². The van der Waals surface area contributed by atoms with E-state index in [-0.39, 0.29) is 0 Å².